The third-order valence-electron chi connectivity index (χ3n) is 16.1. The molecule has 9 atom stereocenters. The molecular formula is C39H57NO2. The molecule has 3 heteroatoms. The van der Waals surface area contributed by atoms with Gasteiger partial charge < -0.3 is 10.1 Å². The van der Waals surface area contributed by atoms with Crippen LogP contribution in [0.3, 0.4) is 0 Å². The molecule has 0 aliphatic heterocycles. The summed E-state index contributed by atoms with van der Waals surface area (Å²) in [5.41, 5.74) is 5.66. The SMILES string of the molecule is CNC12CCC(C3(C)CC3)C1C1CCC3C4(C)CC=C(c5ccc(C(=O)OC)cc5)C(C)(C)C4CCC3(C)C1(C)CC2. The summed E-state index contributed by atoms with van der Waals surface area (Å²) >= 11 is 0. The van der Waals surface area contributed by atoms with Gasteiger partial charge in [-0.2, -0.15) is 0 Å². The standard InChI is InChI=1S/C39H57NO2/c1-34(2)27(25-9-11-26(12-10-25)33(41)42-8)15-18-36(4)30(34)17-19-38(6)31(36)14-13-29-32-28(35(3)21-22-35)16-20-39(32,40-7)24-23-37(29,38)5/h9-12,15,28-32,40H,13-14,16-24H2,1-8H3. The Morgan fingerprint density at radius 3 is 2.14 bits per heavy atom. The van der Waals surface area contributed by atoms with E-state index in [4.69, 9.17) is 4.74 Å². The van der Waals surface area contributed by atoms with Crippen LogP contribution < -0.4 is 5.32 Å². The van der Waals surface area contributed by atoms with E-state index in [0.29, 0.717) is 38.7 Å². The zero-order chi connectivity index (χ0) is 29.9. The average molecular weight is 572 g/mol. The van der Waals surface area contributed by atoms with E-state index >= 15 is 0 Å². The second-order valence-electron chi connectivity index (χ2n) is 17.5. The lowest BCUT2D eigenvalue weighted by Gasteiger charge is -2.72. The third kappa shape index (κ3) is 3.64. The highest BCUT2D eigenvalue weighted by Crippen LogP contribution is 2.77. The zero-order valence-electron chi connectivity index (χ0n) is 27.9. The molecule has 9 unspecified atom stereocenters. The number of hydrogen-bond acceptors (Lipinski definition) is 3. The molecule has 1 aromatic rings. The third-order valence-corrected chi connectivity index (χ3v) is 16.1. The maximum Gasteiger partial charge on any atom is 0.337 e. The highest BCUT2D eigenvalue weighted by molar-refractivity contribution is 5.89. The van der Waals surface area contributed by atoms with Crippen LogP contribution in [0.25, 0.3) is 5.57 Å². The predicted molar refractivity (Wildman–Crippen MR) is 172 cm³/mol. The number of benzene rings is 1. The van der Waals surface area contributed by atoms with Crippen LogP contribution in [0.1, 0.15) is 128 Å². The first-order chi connectivity index (χ1) is 19.8. The van der Waals surface area contributed by atoms with Crippen molar-refractivity contribution < 1.29 is 9.53 Å². The molecule has 6 aliphatic rings. The Kier molecular flexibility index (Phi) is 6.39. The van der Waals surface area contributed by atoms with E-state index in [2.05, 4.69) is 72.1 Å². The van der Waals surface area contributed by atoms with Gasteiger partial charge in [-0.3, -0.25) is 0 Å². The molecule has 5 fully saturated rings. The molecule has 0 saturated heterocycles. The van der Waals surface area contributed by atoms with Crippen LogP contribution in [0.15, 0.2) is 30.3 Å². The number of rotatable bonds is 4. The van der Waals surface area contributed by atoms with Crippen molar-refractivity contribution in [1.29, 1.82) is 0 Å². The van der Waals surface area contributed by atoms with Crippen molar-refractivity contribution in [2.24, 2.45) is 56.7 Å². The van der Waals surface area contributed by atoms with E-state index in [-0.39, 0.29) is 11.4 Å². The Hall–Kier alpha value is -1.61. The highest BCUT2D eigenvalue weighted by Gasteiger charge is 2.71. The van der Waals surface area contributed by atoms with E-state index in [0.717, 1.165) is 23.7 Å². The van der Waals surface area contributed by atoms with Gasteiger partial charge in [0.1, 0.15) is 0 Å². The summed E-state index contributed by atoms with van der Waals surface area (Å²) in [6.07, 6.45) is 17.9. The summed E-state index contributed by atoms with van der Waals surface area (Å²) < 4.78 is 4.96. The zero-order valence-corrected chi connectivity index (χ0v) is 27.9. The van der Waals surface area contributed by atoms with Gasteiger partial charge in [0.2, 0.25) is 0 Å². The summed E-state index contributed by atoms with van der Waals surface area (Å²) in [5.74, 6) is 3.84. The number of carbonyl (C=O) groups is 1. The Labute approximate surface area is 256 Å². The van der Waals surface area contributed by atoms with Crippen LogP contribution in [0.2, 0.25) is 0 Å². The molecule has 0 radical (unpaired) electrons. The molecule has 0 aromatic heterocycles. The van der Waals surface area contributed by atoms with Crippen molar-refractivity contribution in [2.75, 3.05) is 14.2 Å². The molecule has 0 bridgehead atoms. The maximum absolute atomic E-state index is 12.1. The number of hydrogen-bond donors (Lipinski definition) is 1. The molecule has 7 rings (SSSR count). The number of ether oxygens (including phenoxy) is 1. The summed E-state index contributed by atoms with van der Waals surface area (Å²) in [6, 6.07) is 8.18. The molecule has 6 aliphatic carbocycles. The topological polar surface area (TPSA) is 38.3 Å². The fraction of sp³-hybridized carbons (Fsp3) is 0.769. The van der Waals surface area contributed by atoms with Crippen LogP contribution >= 0.6 is 0 Å². The highest BCUT2D eigenvalue weighted by atomic mass is 16.5. The second-order valence-corrected chi connectivity index (χ2v) is 17.5. The van der Waals surface area contributed by atoms with Gasteiger partial charge in [-0.25, -0.2) is 4.79 Å². The van der Waals surface area contributed by atoms with Crippen molar-refractivity contribution in [3.63, 3.8) is 0 Å². The van der Waals surface area contributed by atoms with E-state index < -0.39 is 0 Å². The van der Waals surface area contributed by atoms with Crippen LogP contribution in [0.4, 0.5) is 0 Å². The summed E-state index contributed by atoms with van der Waals surface area (Å²) in [7, 11) is 3.75. The minimum atomic E-state index is -0.258. The first-order valence-corrected chi connectivity index (χ1v) is 17.4. The summed E-state index contributed by atoms with van der Waals surface area (Å²) in [5, 5.41) is 4.01. The number of fused-ring (bicyclic) bond motifs is 7. The van der Waals surface area contributed by atoms with Crippen molar-refractivity contribution in [3.8, 4) is 0 Å². The Morgan fingerprint density at radius 1 is 0.786 bits per heavy atom. The van der Waals surface area contributed by atoms with Gasteiger partial charge in [0.25, 0.3) is 0 Å². The summed E-state index contributed by atoms with van der Waals surface area (Å²) in [6.45, 7) is 15.9. The minimum Gasteiger partial charge on any atom is -0.465 e. The van der Waals surface area contributed by atoms with Gasteiger partial charge >= 0.3 is 5.97 Å². The van der Waals surface area contributed by atoms with Gasteiger partial charge in [0, 0.05) is 5.54 Å². The Balaban J connectivity index is 1.22. The molecular weight excluding hydrogens is 514 g/mol. The van der Waals surface area contributed by atoms with E-state index in [1.54, 1.807) is 0 Å². The minimum absolute atomic E-state index is 0.101. The van der Waals surface area contributed by atoms with Crippen LogP contribution in [-0.2, 0) is 4.74 Å². The quantitative estimate of drug-likeness (QED) is 0.366. The molecule has 1 aromatic carbocycles. The van der Waals surface area contributed by atoms with E-state index in [1.807, 2.05) is 12.1 Å². The maximum atomic E-state index is 12.1. The fourth-order valence-corrected chi connectivity index (χ4v) is 13.4. The van der Waals surface area contributed by atoms with Crippen molar-refractivity contribution in [3.05, 3.63) is 41.5 Å². The monoisotopic (exact) mass is 571 g/mol. The van der Waals surface area contributed by atoms with E-state index in [9.17, 15) is 4.79 Å². The lowest BCUT2D eigenvalue weighted by atomic mass is 9.32. The van der Waals surface area contributed by atoms with Gasteiger partial charge in [-0.1, -0.05) is 59.8 Å². The first-order valence-electron chi connectivity index (χ1n) is 17.4. The largest absolute Gasteiger partial charge is 0.465 e. The number of methoxy groups -OCH3 is 1. The second kappa shape index (κ2) is 9.21. The lowest BCUT2D eigenvalue weighted by molar-refractivity contribution is -0.221. The molecule has 42 heavy (non-hydrogen) atoms. The van der Waals surface area contributed by atoms with Crippen LogP contribution in [-0.4, -0.2) is 25.7 Å². The molecule has 5 saturated carbocycles. The van der Waals surface area contributed by atoms with Gasteiger partial charge in [-0.15, -0.1) is 0 Å². The Morgan fingerprint density at radius 2 is 1.50 bits per heavy atom. The summed E-state index contributed by atoms with van der Waals surface area (Å²) in [4.78, 5) is 12.1. The molecule has 3 nitrogen and oxygen atoms in total. The molecule has 0 spiro atoms. The van der Waals surface area contributed by atoms with Gasteiger partial charge in [0.05, 0.1) is 12.7 Å². The normalized spacial score (nSPS) is 46.4. The lowest BCUT2D eigenvalue weighted by Crippen LogP contribution is -2.67. The number of esters is 1. The fourth-order valence-electron chi connectivity index (χ4n) is 13.4. The predicted octanol–water partition coefficient (Wildman–Crippen LogP) is 9.32. The first kappa shape index (κ1) is 29.1. The van der Waals surface area contributed by atoms with Gasteiger partial charge in [-0.05, 0) is 158 Å². The van der Waals surface area contributed by atoms with Crippen LogP contribution in [0, 0.1) is 56.7 Å². The molecule has 1 N–H and O–H groups in total. The van der Waals surface area contributed by atoms with Crippen molar-refractivity contribution in [2.45, 2.75) is 118 Å². The van der Waals surface area contributed by atoms with Crippen molar-refractivity contribution in [1.82, 2.24) is 5.32 Å². The molecule has 230 valence electrons. The number of nitrogens with one attached hydrogen (secondary N) is 1. The number of allylic oxidation sites excluding steroid dienone is 2. The molecule has 0 heterocycles. The molecule has 0 amide bonds. The van der Waals surface area contributed by atoms with E-state index in [1.165, 1.54) is 88.9 Å². The van der Waals surface area contributed by atoms with Gasteiger partial charge in [0.15, 0.2) is 0 Å². The average Bonchev–Trinajstić information content (AvgIpc) is 3.58. The van der Waals surface area contributed by atoms with Crippen molar-refractivity contribution >= 4 is 11.5 Å². The number of carbonyl (C=O) groups excluding carboxylic acids is 1. The Bertz CT molecular complexity index is 1290. The smallest absolute Gasteiger partial charge is 0.337 e. The van der Waals surface area contributed by atoms with Crippen LogP contribution in [0.5, 0.6) is 0 Å².